The lowest BCUT2D eigenvalue weighted by Gasteiger charge is -2.07. The minimum Gasteiger partial charge on any atom is -0.317 e. The number of carbonyl (C=O) groups is 1. The number of carbonyl (C=O) groups excluding carboxylic acids is 1. The van der Waals surface area contributed by atoms with Crippen molar-refractivity contribution < 1.29 is 4.79 Å². The topological polar surface area (TPSA) is 64.7 Å². The summed E-state index contributed by atoms with van der Waals surface area (Å²) in [6, 6.07) is 7.18. The lowest BCUT2D eigenvalue weighted by Crippen LogP contribution is -2.14. The third-order valence-electron chi connectivity index (χ3n) is 4.13. The molecule has 6 nitrogen and oxygen atoms in total. The van der Waals surface area contributed by atoms with Crippen LogP contribution in [0.3, 0.4) is 0 Å². The number of rotatable bonds is 5. The number of amides is 1. The molecule has 1 aromatic carbocycles. The number of nitrogens with one attached hydrogen (secondary N) is 1. The van der Waals surface area contributed by atoms with Gasteiger partial charge in [0.1, 0.15) is 0 Å². The average Bonchev–Trinajstić information content (AvgIpc) is 3.19. The van der Waals surface area contributed by atoms with Gasteiger partial charge in [0.25, 0.3) is 5.91 Å². The molecular formula is C18H19Cl2N5O. The van der Waals surface area contributed by atoms with E-state index in [1.54, 1.807) is 23.0 Å². The van der Waals surface area contributed by atoms with Crippen molar-refractivity contribution in [2.45, 2.75) is 33.9 Å². The van der Waals surface area contributed by atoms with Crippen LogP contribution in [0.5, 0.6) is 0 Å². The van der Waals surface area contributed by atoms with Gasteiger partial charge in [0.05, 0.1) is 33.7 Å². The molecule has 0 unspecified atom stereocenters. The summed E-state index contributed by atoms with van der Waals surface area (Å²) < 4.78 is 3.54. The van der Waals surface area contributed by atoms with E-state index in [1.165, 1.54) is 0 Å². The zero-order valence-electron chi connectivity index (χ0n) is 14.8. The van der Waals surface area contributed by atoms with Crippen molar-refractivity contribution >= 4 is 34.8 Å². The largest absolute Gasteiger partial charge is 0.317 e. The number of nitrogens with zero attached hydrogens (tertiary/aromatic N) is 4. The van der Waals surface area contributed by atoms with Gasteiger partial charge in [0.15, 0.2) is 5.69 Å². The Balaban J connectivity index is 1.81. The molecule has 0 bridgehead atoms. The lowest BCUT2D eigenvalue weighted by molar-refractivity contribution is 0.102. The standard InChI is InChI=1S/C18H19Cl2N5O/c1-4-24-8-7-16(23-24)18(26)21-17-11(2)22-25(12(17)3)10-13-5-6-14(19)15(20)9-13/h5-9H,4,10H2,1-3H3,(H,21,26). The third-order valence-corrected chi connectivity index (χ3v) is 4.87. The Kier molecular flexibility index (Phi) is 5.34. The van der Waals surface area contributed by atoms with Gasteiger partial charge in [-0.3, -0.25) is 14.2 Å². The molecule has 8 heteroatoms. The Hall–Kier alpha value is -2.31. The summed E-state index contributed by atoms with van der Waals surface area (Å²) in [5.41, 5.74) is 3.65. The highest BCUT2D eigenvalue weighted by atomic mass is 35.5. The molecule has 0 aliphatic rings. The maximum Gasteiger partial charge on any atom is 0.276 e. The third kappa shape index (κ3) is 3.76. The number of hydrogen-bond acceptors (Lipinski definition) is 3. The molecule has 0 saturated carbocycles. The van der Waals surface area contributed by atoms with Crippen LogP contribution in [0.4, 0.5) is 5.69 Å². The second kappa shape index (κ2) is 7.51. The fourth-order valence-corrected chi connectivity index (χ4v) is 3.00. The number of benzene rings is 1. The van der Waals surface area contributed by atoms with Crippen LogP contribution in [0.25, 0.3) is 0 Å². The van der Waals surface area contributed by atoms with Gasteiger partial charge in [0, 0.05) is 12.7 Å². The normalized spacial score (nSPS) is 11.0. The Morgan fingerprint density at radius 2 is 1.92 bits per heavy atom. The molecule has 0 aliphatic heterocycles. The average molecular weight is 392 g/mol. The van der Waals surface area contributed by atoms with Crippen LogP contribution in [0.1, 0.15) is 34.4 Å². The first-order chi connectivity index (χ1) is 12.4. The molecule has 0 spiro atoms. The van der Waals surface area contributed by atoms with E-state index in [1.807, 2.05) is 37.6 Å². The molecular weight excluding hydrogens is 373 g/mol. The van der Waals surface area contributed by atoms with Gasteiger partial charge >= 0.3 is 0 Å². The molecule has 2 heterocycles. The van der Waals surface area contributed by atoms with E-state index in [0.717, 1.165) is 17.0 Å². The monoisotopic (exact) mass is 391 g/mol. The van der Waals surface area contributed by atoms with Crippen molar-refractivity contribution in [1.82, 2.24) is 19.6 Å². The van der Waals surface area contributed by atoms with Gasteiger partial charge in [0.2, 0.25) is 0 Å². The summed E-state index contributed by atoms with van der Waals surface area (Å²) in [5.74, 6) is -0.252. The van der Waals surface area contributed by atoms with Gasteiger partial charge < -0.3 is 5.32 Å². The van der Waals surface area contributed by atoms with Crippen LogP contribution in [0.2, 0.25) is 10.0 Å². The SMILES string of the molecule is CCn1ccc(C(=O)Nc2c(C)nn(Cc3ccc(Cl)c(Cl)c3)c2C)n1. The van der Waals surface area contributed by atoms with E-state index in [-0.39, 0.29) is 5.91 Å². The number of aryl methyl sites for hydroxylation is 2. The van der Waals surface area contributed by atoms with Gasteiger partial charge in [-0.25, -0.2) is 0 Å². The van der Waals surface area contributed by atoms with Crippen molar-refractivity contribution in [3.8, 4) is 0 Å². The highest BCUT2D eigenvalue weighted by Gasteiger charge is 2.17. The quantitative estimate of drug-likeness (QED) is 0.703. The molecule has 0 radical (unpaired) electrons. The van der Waals surface area contributed by atoms with Crippen LogP contribution >= 0.6 is 23.2 Å². The number of hydrogen-bond donors (Lipinski definition) is 1. The van der Waals surface area contributed by atoms with Crippen LogP contribution in [-0.2, 0) is 13.1 Å². The molecule has 3 rings (SSSR count). The molecule has 26 heavy (non-hydrogen) atoms. The van der Waals surface area contributed by atoms with E-state index >= 15 is 0 Å². The Morgan fingerprint density at radius 3 is 2.58 bits per heavy atom. The smallest absolute Gasteiger partial charge is 0.276 e. The fraction of sp³-hybridized carbons (Fsp3) is 0.278. The fourth-order valence-electron chi connectivity index (χ4n) is 2.68. The van der Waals surface area contributed by atoms with Crippen LogP contribution in [-0.4, -0.2) is 25.5 Å². The summed E-state index contributed by atoms with van der Waals surface area (Å²) >= 11 is 12.0. The number of halogens is 2. The van der Waals surface area contributed by atoms with E-state index in [0.29, 0.717) is 34.5 Å². The first-order valence-corrected chi connectivity index (χ1v) is 8.97. The molecule has 0 aliphatic carbocycles. The predicted octanol–water partition coefficient (Wildman–Crippen LogP) is 4.32. The van der Waals surface area contributed by atoms with Gasteiger partial charge in [-0.05, 0) is 44.5 Å². The molecule has 3 aromatic rings. The van der Waals surface area contributed by atoms with Crippen molar-refractivity contribution in [3.05, 3.63) is 63.2 Å². The van der Waals surface area contributed by atoms with Crippen molar-refractivity contribution in [3.63, 3.8) is 0 Å². The Labute approximate surface area is 161 Å². The summed E-state index contributed by atoms with van der Waals surface area (Å²) in [6.45, 7) is 6.99. The van der Waals surface area contributed by atoms with Gasteiger partial charge in [-0.2, -0.15) is 10.2 Å². The van der Waals surface area contributed by atoms with E-state index in [2.05, 4.69) is 15.5 Å². The molecule has 1 N–H and O–H groups in total. The van der Waals surface area contributed by atoms with Crippen LogP contribution in [0.15, 0.2) is 30.5 Å². The Bertz CT molecular complexity index is 961. The maximum absolute atomic E-state index is 12.4. The van der Waals surface area contributed by atoms with Crippen LogP contribution in [0, 0.1) is 13.8 Å². The van der Waals surface area contributed by atoms with Crippen molar-refractivity contribution in [2.24, 2.45) is 0 Å². The van der Waals surface area contributed by atoms with Crippen molar-refractivity contribution in [2.75, 3.05) is 5.32 Å². The van der Waals surface area contributed by atoms with Crippen molar-refractivity contribution in [1.29, 1.82) is 0 Å². The highest BCUT2D eigenvalue weighted by molar-refractivity contribution is 6.42. The minimum atomic E-state index is -0.252. The first kappa shape index (κ1) is 18.5. The molecule has 0 atom stereocenters. The predicted molar refractivity (Wildman–Crippen MR) is 103 cm³/mol. The summed E-state index contributed by atoms with van der Waals surface area (Å²) in [5, 5.41) is 12.7. The number of anilines is 1. The minimum absolute atomic E-state index is 0.252. The van der Waals surface area contributed by atoms with Gasteiger partial charge in [-0.1, -0.05) is 29.3 Å². The molecule has 0 saturated heterocycles. The zero-order valence-corrected chi connectivity index (χ0v) is 16.3. The lowest BCUT2D eigenvalue weighted by atomic mass is 10.2. The highest BCUT2D eigenvalue weighted by Crippen LogP contribution is 2.25. The summed E-state index contributed by atoms with van der Waals surface area (Å²) in [7, 11) is 0. The van der Waals surface area contributed by atoms with E-state index in [4.69, 9.17) is 23.2 Å². The zero-order chi connectivity index (χ0) is 18.8. The Morgan fingerprint density at radius 1 is 1.15 bits per heavy atom. The van der Waals surface area contributed by atoms with Gasteiger partial charge in [-0.15, -0.1) is 0 Å². The molecule has 1 amide bonds. The molecule has 136 valence electrons. The summed E-state index contributed by atoms with van der Waals surface area (Å²) in [6.07, 6.45) is 1.78. The van der Waals surface area contributed by atoms with E-state index < -0.39 is 0 Å². The second-order valence-electron chi connectivity index (χ2n) is 5.96. The second-order valence-corrected chi connectivity index (χ2v) is 6.78. The first-order valence-electron chi connectivity index (χ1n) is 8.21. The summed E-state index contributed by atoms with van der Waals surface area (Å²) in [4.78, 5) is 12.4. The van der Waals surface area contributed by atoms with Crippen LogP contribution < -0.4 is 5.32 Å². The number of aromatic nitrogens is 4. The van der Waals surface area contributed by atoms with E-state index in [9.17, 15) is 4.79 Å². The molecule has 0 fully saturated rings. The maximum atomic E-state index is 12.4. The molecule has 2 aromatic heterocycles.